The number of hydrogen-bond donors (Lipinski definition) is 1. The lowest BCUT2D eigenvalue weighted by atomic mass is 10.1. The first-order valence-electron chi connectivity index (χ1n) is 7.72. The third-order valence-electron chi connectivity index (χ3n) is 3.92. The lowest BCUT2D eigenvalue weighted by Gasteiger charge is -2.20. The zero-order valence-electron chi connectivity index (χ0n) is 12.5. The molecule has 2 rings (SSSR count). The molecule has 110 valence electrons. The largest absolute Gasteiger partial charge is 0.376 e. The number of amides is 1. The highest BCUT2D eigenvalue weighted by Gasteiger charge is 2.23. The van der Waals surface area contributed by atoms with Crippen LogP contribution in [0.25, 0.3) is 0 Å². The number of carbonyl (C=O) groups excluding carboxylic acids is 1. The van der Waals surface area contributed by atoms with Crippen molar-refractivity contribution in [3.8, 4) is 0 Å². The van der Waals surface area contributed by atoms with Gasteiger partial charge in [-0.25, -0.2) is 0 Å². The van der Waals surface area contributed by atoms with E-state index in [0.29, 0.717) is 0 Å². The molecule has 1 aliphatic rings. The van der Waals surface area contributed by atoms with Crippen LogP contribution in [0.3, 0.4) is 0 Å². The van der Waals surface area contributed by atoms with Crippen LogP contribution in [0, 0.1) is 0 Å². The molecule has 1 amide bonds. The van der Waals surface area contributed by atoms with E-state index in [1.54, 1.807) is 0 Å². The smallest absolute Gasteiger partial charge is 0.251 e. The molecular formula is C17H25NO2. The number of nitrogens with one attached hydrogen (secondary N) is 1. The van der Waals surface area contributed by atoms with Gasteiger partial charge in [-0.3, -0.25) is 4.79 Å². The van der Waals surface area contributed by atoms with Crippen LogP contribution >= 0.6 is 0 Å². The predicted octanol–water partition coefficient (Wildman–Crippen LogP) is 3.33. The van der Waals surface area contributed by atoms with Gasteiger partial charge in [0.2, 0.25) is 0 Å². The minimum absolute atomic E-state index is 0.00459. The summed E-state index contributed by atoms with van der Waals surface area (Å²) in [7, 11) is 0. The number of carbonyl (C=O) groups is 1. The van der Waals surface area contributed by atoms with Gasteiger partial charge in [-0.05, 0) is 50.3 Å². The number of rotatable bonds is 6. The van der Waals surface area contributed by atoms with Crippen molar-refractivity contribution in [1.29, 1.82) is 0 Å². The normalized spacial score (nSPS) is 19.8. The predicted molar refractivity (Wildman–Crippen MR) is 81.0 cm³/mol. The third kappa shape index (κ3) is 4.07. The van der Waals surface area contributed by atoms with E-state index in [9.17, 15) is 4.79 Å². The Morgan fingerprint density at radius 2 is 2.15 bits per heavy atom. The first kappa shape index (κ1) is 15.0. The van der Waals surface area contributed by atoms with Gasteiger partial charge in [0.25, 0.3) is 5.91 Å². The summed E-state index contributed by atoms with van der Waals surface area (Å²) in [6.07, 6.45) is 5.78. The van der Waals surface area contributed by atoms with Gasteiger partial charge in [0.15, 0.2) is 0 Å². The van der Waals surface area contributed by atoms with Crippen molar-refractivity contribution in [2.45, 2.75) is 58.1 Å². The summed E-state index contributed by atoms with van der Waals surface area (Å²) < 4.78 is 5.60. The molecule has 1 N–H and O–H groups in total. The average Bonchev–Trinajstić information content (AvgIpc) is 3.00. The molecule has 0 radical (unpaired) electrons. The number of ether oxygens (including phenoxy) is 1. The molecule has 1 saturated heterocycles. The van der Waals surface area contributed by atoms with Crippen molar-refractivity contribution < 1.29 is 9.53 Å². The number of unbranched alkanes of at least 4 members (excludes halogenated alkanes) is 1. The highest BCUT2D eigenvalue weighted by Crippen LogP contribution is 2.16. The Hall–Kier alpha value is -1.35. The zero-order chi connectivity index (χ0) is 14.4. The molecular weight excluding hydrogens is 250 g/mol. The molecule has 3 nitrogen and oxygen atoms in total. The van der Waals surface area contributed by atoms with Gasteiger partial charge >= 0.3 is 0 Å². The molecule has 0 aliphatic carbocycles. The summed E-state index contributed by atoms with van der Waals surface area (Å²) in [5, 5.41) is 3.04. The fraction of sp³-hybridized carbons (Fsp3) is 0.588. The molecule has 0 bridgehead atoms. The van der Waals surface area contributed by atoms with Crippen molar-refractivity contribution in [3.05, 3.63) is 35.4 Å². The standard InChI is InChI=1S/C17H25NO2/c1-3-4-6-14-8-10-15(11-9-14)17(19)18-13(2)16-7-5-12-20-16/h8-11,13,16H,3-7,12H2,1-2H3,(H,18,19)/t13-,16-/m1/s1. The van der Waals surface area contributed by atoms with Crippen LogP contribution in [0.2, 0.25) is 0 Å². The zero-order valence-corrected chi connectivity index (χ0v) is 12.5. The molecule has 0 saturated carbocycles. The Balaban J connectivity index is 1.88. The summed E-state index contributed by atoms with van der Waals surface area (Å²) in [6, 6.07) is 8.03. The van der Waals surface area contributed by atoms with Gasteiger partial charge in [0, 0.05) is 12.2 Å². The van der Waals surface area contributed by atoms with Gasteiger partial charge in [0.05, 0.1) is 12.1 Å². The quantitative estimate of drug-likeness (QED) is 0.865. The molecule has 20 heavy (non-hydrogen) atoms. The topological polar surface area (TPSA) is 38.3 Å². The molecule has 0 spiro atoms. The fourth-order valence-corrected chi connectivity index (χ4v) is 2.58. The SMILES string of the molecule is CCCCc1ccc(C(=O)N[C@H](C)[C@H]2CCCO2)cc1. The minimum atomic E-state index is -0.00459. The molecule has 0 aromatic heterocycles. The van der Waals surface area contributed by atoms with E-state index in [0.717, 1.165) is 31.4 Å². The van der Waals surface area contributed by atoms with E-state index >= 15 is 0 Å². The van der Waals surface area contributed by atoms with E-state index in [-0.39, 0.29) is 18.1 Å². The Kier molecular flexibility index (Phi) is 5.60. The van der Waals surface area contributed by atoms with E-state index < -0.39 is 0 Å². The maximum atomic E-state index is 12.2. The van der Waals surface area contributed by atoms with Crippen molar-refractivity contribution in [3.63, 3.8) is 0 Å². The maximum Gasteiger partial charge on any atom is 0.251 e. The molecule has 1 aliphatic heterocycles. The average molecular weight is 275 g/mol. The number of aryl methyl sites for hydroxylation is 1. The lowest BCUT2D eigenvalue weighted by Crippen LogP contribution is -2.40. The van der Waals surface area contributed by atoms with Crippen LogP contribution in [0.4, 0.5) is 0 Å². The molecule has 0 unspecified atom stereocenters. The summed E-state index contributed by atoms with van der Waals surface area (Å²) in [4.78, 5) is 12.2. The monoisotopic (exact) mass is 275 g/mol. The van der Waals surface area contributed by atoms with Crippen molar-refractivity contribution in [2.24, 2.45) is 0 Å². The number of benzene rings is 1. The Morgan fingerprint density at radius 3 is 2.75 bits per heavy atom. The van der Waals surface area contributed by atoms with Crippen LogP contribution in [0.1, 0.15) is 55.5 Å². The first-order chi connectivity index (χ1) is 9.70. The molecule has 1 aromatic carbocycles. The van der Waals surface area contributed by atoms with Crippen LogP contribution in [-0.4, -0.2) is 24.7 Å². The van der Waals surface area contributed by atoms with Crippen LogP contribution < -0.4 is 5.32 Å². The molecule has 1 aromatic rings. The van der Waals surface area contributed by atoms with Crippen LogP contribution in [0.5, 0.6) is 0 Å². The third-order valence-corrected chi connectivity index (χ3v) is 3.92. The van der Waals surface area contributed by atoms with E-state index in [1.807, 2.05) is 19.1 Å². The first-order valence-corrected chi connectivity index (χ1v) is 7.72. The van der Waals surface area contributed by atoms with Gasteiger partial charge in [0.1, 0.15) is 0 Å². The highest BCUT2D eigenvalue weighted by atomic mass is 16.5. The van der Waals surface area contributed by atoms with E-state index in [1.165, 1.54) is 18.4 Å². The minimum Gasteiger partial charge on any atom is -0.376 e. The number of hydrogen-bond acceptors (Lipinski definition) is 2. The van der Waals surface area contributed by atoms with Crippen molar-refractivity contribution in [1.82, 2.24) is 5.32 Å². The summed E-state index contributed by atoms with van der Waals surface area (Å²) >= 11 is 0. The summed E-state index contributed by atoms with van der Waals surface area (Å²) in [5.74, 6) is -0.00459. The molecule has 1 fully saturated rings. The van der Waals surface area contributed by atoms with E-state index in [4.69, 9.17) is 4.74 Å². The Labute approximate surface area is 121 Å². The van der Waals surface area contributed by atoms with Crippen LogP contribution in [0.15, 0.2) is 24.3 Å². The second-order valence-electron chi connectivity index (χ2n) is 5.61. The molecule has 3 heteroatoms. The fourth-order valence-electron chi connectivity index (χ4n) is 2.58. The Bertz CT molecular complexity index is 421. The van der Waals surface area contributed by atoms with Crippen molar-refractivity contribution in [2.75, 3.05) is 6.61 Å². The molecule has 1 heterocycles. The van der Waals surface area contributed by atoms with Crippen LogP contribution in [-0.2, 0) is 11.2 Å². The Morgan fingerprint density at radius 1 is 1.40 bits per heavy atom. The van der Waals surface area contributed by atoms with Gasteiger partial charge < -0.3 is 10.1 Å². The van der Waals surface area contributed by atoms with Gasteiger partial charge in [-0.1, -0.05) is 25.5 Å². The van der Waals surface area contributed by atoms with Gasteiger partial charge in [-0.15, -0.1) is 0 Å². The van der Waals surface area contributed by atoms with Gasteiger partial charge in [-0.2, -0.15) is 0 Å². The lowest BCUT2D eigenvalue weighted by molar-refractivity contribution is 0.0712. The van der Waals surface area contributed by atoms with E-state index in [2.05, 4.69) is 24.4 Å². The maximum absolute atomic E-state index is 12.2. The van der Waals surface area contributed by atoms with Crippen molar-refractivity contribution >= 4 is 5.91 Å². The summed E-state index contributed by atoms with van der Waals surface area (Å²) in [6.45, 7) is 5.02. The second kappa shape index (κ2) is 7.44. The second-order valence-corrected chi connectivity index (χ2v) is 5.61. The molecule has 2 atom stereocenters. The summed E-state index contributed by atoms with van der Waals surface area (Å²) in [5.41, 5.74) is 2.03. The highest BCUT2D eigenvalue weighted by molar-refractivity contribution is 5.94.